The van der Waals surface area contributed by atoms with Crippen LogP contribution in [0.2, 0.25) is 0 Å². The first-order valence-corrected chi connectivity index (χ1v) is 6.37. The van der Waals surface area contributed by atoms with Gasteiger partial charge in [0.25, 0.3) is 0 Å². The standard InChI is InChI=1S/C14H16F3N3/c1-2-18-9-13-19-7-8-20(13)10-11-3-5-12(6-4-11)14(15,16)17/h3-8,18H,2,9-10H2,1H3. The van der Waals surface area contributed by atoms with Gasteiger partial charge in [-0.05, 0) is 24.2 Å². The summed E-state index contributed by atoms with van der Waals surface area (Å²) in [5.41, 5.74) is 0.188. The summed E-state index contributed by atoms with van der Waals surface area (Å²) in [6, 6.07) is 5.21. The molecule has 0 saturated heterocycles. The molecule has 0 unspecified atom stereocenters. The Morgan fingerprint density at radius 2 is 1.90 bits per heavy atom. The number of rotatable bonds is 5. The quantitative estimate of drug-likeness (QED) is 0.914. The molecule has 3 nitrogen and oxygen atoms in total. The smallest absolute Gasteiger partial charge is 0.329 e. The number of hydrogen-bond donors (Lipinski definition) is 1. The van der Waals surface area contributed by atoms with Crippen LogP contribution in [0.3, 0.4) is 0 Å². The van der Waals surface area contributed by atoms with Crippen LogP contribution in [0.4, 0.5) is 13.2 Å². The summed E-state index contributed by atoms with van der Waals surface area (Å²) in [7, 11) is 0. The zero-order valence-corrected chi connectivity index (χ0v) is 11.1. The first-order valence-electron chi connectivity index (χ1n) is 6.37. The Morgan fingerprint density at radius 3 is 2.50 bits per heavy atom. The van der Waals surface area contributed by atoms with Crippen molar-refractivity contribution in [2.24, 2.45) is 0 Å². The van der Waals surface area contributed by atoms with Crippen LogP contribution in [-0.4, -0.2) is 16.1 Å². The molecule has 0 amide bonds. The van der Waals surface area contributed by atoms with Gasteiger partial charge in [-0.15, -0.1) is 0 Å². The van der Waals surface area contributed by atoms with E-state index in [2.05, 4.69) is 10.3 Å². The summed E-state index contributed by atoms with van der Waals surface area (Å²) in [6.07, 6.45) is -0.773. The molecule has 20 heavy (non-hydrogen) atoms. The first kappa shape index (κ1) is 14.6. The van der Waals surface area contributed by atoms with Gasteiger partial charge < -0.3 is 9.88 Å². The van der Waals surface area contributed by atoms with E-state index in [0.29, 0.717) is 13.1 Å². The SMILES string of the molecule is CCNCc1nccn1Cc1ccc(C(F)(F)F)cc1. The minimum absolute atomic E-state index is 0.513. The molecule has 0 atom stereocenters. The molecule has 2 aromatic rings. The molecule has 6 heteroatoms. The summed E-state index contributed by atoms with van der Waals surface area (Å²) in [5.74, 6) is 0.867. The molecular weight excluding hydrogens is 267 g/mol. The van der Waals surface area contributed by atoms with Crippen LogP contribution in [-0.2, 0) is 19.3 Å². The number of nitrogens with zero attached hydrogens (tertiary/aromatic N) is 2. The van der Waals surface area contributed by atoms with Crippen LogP contribution in [0.25, 0.3) is 0 Å². The van der Waals surface area contributed by atoms with E-state index in [-0.39, 0.29) is 0 Å². The van der Waals surface area contributed by atoms with E-state index in [9.17, 15) is 13.2 Å². The number of nitrogens with one attached hydrogen (secondary N) is 1. The summed E-state index contributed by atoms with van der Waals surface area (Å²) in [6.45, 7) is 4.00. The third kappa shape index (κ3) is 3.60. The van der Waals surface area contributed by atoms with Crippen LogP contribution >= 0.6 is 0 Å². The molecule has 0 aliphatic heterocycles. The number of benzene rings is 1. The minimum atomic E-state index is -4.29. The lowest BCUT2D eigenvalue weighted by molar-refractivity contribution is -0.137. The average Bonchev–Trinajstić information content (AvgIpc) is 2.83. The second-order valence-electron chi connectivity index (χ2n) is 4.45. The van der Waals surface area contributed by atoms with Gasteiger partial charge in [0.15, 0.2) is 0 Å². The number of hydrogen-bond acceptors (Lipinski definition) is 2. The van der Waals surface area contributed by atoms with Gasteiger partial charge >= 0.3 is 6.18 Å². The molecule has 0 fully saturated rings. The van der Waals surface area contributed by atoms with Crippen molar-refractivity contribution in [3.05, 3.63) is 53.6 Å². The second kappa shape index (κ2) is 6.09. The summed E-state index contributed by atoms with van der Waals surface area (Å²) >= 11 is 0. The molecule has 0 aliphatic rings. The van der Waals surface area contributed by atoms with E-state index in [0.717, 1.165) is 30.1 Å². The van der Waals surface area contributed by atoms with Crippen LogP contribution in [0, 0.1) is 0 Å². The fourth-order valence-electron chi connectivity index (χ4n) is 1.88. The van der Waals surface area contributed by atoms with E-state index in [1.165, 1.54) is 12.1 Å². The molecule has 0 saturated carbocycles. The van der Waals surface area contributed by atoms with Gasteiger partial charge in [0.2, 0.25) is 0 Å². The molecular formula is C14H16F3N3. The largest absolute Gasteiger partial charge is 0.416 e. The molecule has 1 heterocycles. The third-order valence-electron chi connectivity index (χ3n) is 2.97. The molecule has 2 rings (SSSR count). The van der Waals surface area contributed by atoms with Crippen molar-refractivity contribution in [1.82, 2.24) is 14.9 Å². The van der Waals surface area contributed by atoms with Crippen LogP contribution in [0.5, 0.6) is 0 Å². The van der Waals surface area contributed by atoms with Crippen molar-refractivity contribution in [2.45, 2.75) is 26.2 Å². The Hall–Kier alpha value is -1.82. The summed E-state index contributed by atoms with van der Waals surface area (Å²) < 4.78 is 39.4. The molecule has 1 aromatic heterocycles. The third-order valence-corrected chi connectivity index (χ3v) is 2.97. The van der Waals surface area contributed by atoms with E-state index < -0.39 is 11.7 Å². The zero-order valence-electron chi connectivity index (χ0n) is 11.1. The fourth-order valence-corrected chi connectivity index (χ4v) is 1.88. The molecule has 108 valence electrons. The number of imidazole rings is 1. The molecule has 1 N–H and O–H groups in total. The van der Waals surface area contributed by atoms with E-state index in [4.69, 9.17) is 0 Å². The lowest BCUT2D eigenvalue weighted by atomic mass is 10.1. The Labute approximate surface area is 115 Å². The highest BCUT2D eigenvalue weighted by Crippen LogP contribution is 2.29. The fraction of sp³-hybridized carbons (Fsp3) is 0.357. The van der Waals surface area contributed by atoms with E-state index >= 15 is 0 Å². The van der Waals surface area contributed by atoms with Gasteiger partial charge in [0.1, 0.15) is 5.82 Å². The van der Waals surface area contributed by atoms with Crippen molar-refractivity contribution >= 4 is 0 Å². The lowest BCUT2D eigenvalue weighted by Crippen LogP contribution is -2.16. The van der Waals surface area contributed by atoms with E-state index in [1.54, 1.807) is 6.20 Å². The Bertz CT molecular complexity index is 544. The average molecular weight is 283 g/mol. The Kier molecular flexibility index (Phi) is 4.44. The minimum Gasteiger partial charge on any atom is -0.329 e. The van der Waals surface area contributed by atoms with Crippen molar-refractivity contribution in [1.29, 1.82) is 0 Å². The van der Waals surface area contributed by atoms with Gasteiger partial charge in [-0.2, -0.15) is 13.2 Å². The predicted molar refractivity (Wildman–Crippen MR) is 70.2 cm³/mol. The Morgan fingerprint density at radius 1 is 1.20 bits per heavy atom. The normalized spacial score (nSPS) is 11.8. The zero-order chi connectivity index (χ0) is 14.6. The number of alkyl halides is 3. The first-order chi connectivity index (χ1) is 9.50. The van der Waals surface area contributed by atoms with Gasteiger partial charge in [-0.1, -0.05) is 19.1 Å². The molecule has 0 radical (unpaired) electrons. The van der Waals surface area contributed by atoms with Gasteiger partial charge in [-0.25, -0.2) is 4.98 Å². The van der Waals surface area contributed by atoms with Crippen LogP contribution in [0.1, 0.15) is 23.9 Å². The highest BCUT2D eigenvalue weighted by molar-refractivity contribution is 5.25. The van der Waals surface area contributed by atoms with Crippen molar-refractivity contribution in [3.63, 3.8) is 0 Å². The lowest BCUT2D eigenvalue weighted by Gasteiger charge is -2.10. The van der Waals surface area contributed by atoms with E-state index in [1.807, 2.05) is 17.7 Å². The maximum absolute atomic E-state index is 12.5. The Balaban J connectivity index is 2.09. The predicted octanol–water partition coefficient (Wildman–Crippen LogP) is 3.06. The highest BCUT2D eigenvalue weighted by atomic mass is 19.4. The topological polar surface area (TPSA) is 29.9 Å². The summed E-state index contributed by atoms with van der Waals surface area (Å²) in [4.78, 5) is 4.23. The number of halogens is 3. The van der Waals surface area contributed by atoms with Gasteiger partial charge in [0, 0.05) is 18.9 Å². The van der Waals surface area contributed by atoms with Crippen molar-refractivity contribution < 1.29 is 13.2 Å². The molecule has 0 aliphatic carbocycles. The second-order valence-corrected chi connectivity index (χ2v) is 4.45. The van der Waals surface area contributed by atoms with Gasteiger partial charge in [0.05, 0.1) is 12.1 Å². The number of aromatic nitrogens is 2. The summed E-state index contributed by atoms with van der Waals surface area (Å²) in [5, 5.41) is 3.17. The van der Waals surface area contributed by atoms with Gasteiger partial charge in [-0.3, -0.25) is 0 Å². The van der Waals surface area contributed by atoms with Crippen molar-refractivity contribution in [2.75, 3.05) is 6.54 Å². The maximum atomic E-state index is 12.5. The highest BCUT2D eigenvalue weighted by Gasteiger charge is 2.29. The molecule has 1 aromatic carbocycles. The molecule has 0 spiro atoms. The van der Waals surface area contributed by atoms with Crippen LogP contribution in [0.15, 0.2) is 36.7 Å². The van der Waals surface area contributed by atoms with Crippen LogP contribution < -0.4 is 5.32 Å². The maximum Gasteiger partial charge on any atom is 0.416 e. The van der Waals surface area contributed by atoms with Crippen molar-refractivity contribution in [3.8, 4) is 0 Å². The monoisotopic (exact) mass is 283 g/mol. The molecule has 0 bridgehead atoms.